The monoisotopic (exact) mass is 435 g/mol. The largest absolute Gasteiger partial charge is 0.497 e. The Bertz CT molecular complexity index is 995. The van der Waals surface area contributed by atoms with Crippen LogP contribution in [0, 0.1) is 0 Å². The molecule has 32 heavy (non-hydrogen) atoms. The molecular weight excluding hydrogens is 406 g/mol. The van der Waals surface area contributed by atoms with Gasteiger partial charge in [0, 0.05) is 19.6 Å². The molecule has 168 valence electrons. The highest BCUT2D eigenvalue weighted by molar-refractivity contribution is 5.44. The van der Waals surface area contributed by atoms with E-state index in [9.17, 15) is 5.11 Å². The van der Waals surface area contributed by atoms with Crippen molar-refractivity contribution in [1.29, 1.82) is 0 Å². The van der Waals surface area contributed by atoms with Gasteiger partial charge < -0.3 is 24.1 Å². The second-order valence-corrected chi connectivity index (χ2v) is 7.86. The van der Waals surface area contributed by atoms with E-state index in [0.29, 0.717) is 26.2 Å². The molecule has 1 aliphatic rings. The second kappa shape index (κ2) is 11.0. The number of ether oxygens (including phenoxy) is 4. The predicted molar refractivity (Wildman–Crippen MR) is 122 cm³/mol. The summed E-state index contributed by atoms with van der Waals surface area (Å²) in [7, 11) is 1.66. The molecule has 0 aliphatic carbocycles. The number of rotatable bonds is 11. The molecule has 0 unspecified atom stereocenters. The van der Waals surface area contributed by atoms with Gasteiger partial charge in [-0.3, -0.25) is 4.90 Å². The minimum Gasteiger partial charge on any atom is -0.497 e. The van der Waals surface area contributed by atoms with Gasteiger partial charge in [0.25, 0.3) is 0 Å². The molecule has 4 rings (SSSR count). The van der Waals surface area contributed by atoms with Crippen molar-refractivity contribution < 1.29 is 24.1 Å². The van der Waals surface area contributed by atoms with Crippen molar-refractivity contribution in [2.75, 3.05) is 27.1 Å². The highest BCUT2D eigenvalue weighted by Gasteiger charge is 2.17. The highest BCUT2D eigenvalue weighted by Crippen LogP contribution is 2.33. The van der Waals surface area contributed by atoms with Gasteiger partial charge in [-0.15, -0.1) is 0 Å². The quantitative estimate of drug-likeness (QED) is 0.491. The van der Waals surface area contributed by atoms with E-state index < -0.39 is 6.10 Å². The van der Waals surface area contributed by atoms with Gasteiger partial charge in [-0.25, -0.2) is 0 Å². The molecule has 6 nitrogen and oxygen atoms in total. The Morgan fingerprint density at radius 2 is 1.62 bits per heavy atom. The molecule has 1 heterocycles. The van der Waals surface area contributed by atoms with Gasteiger partial charge in [0.1, 0.15) is 5.75 Å². The SMILES string of the molecule is COc1cccc(CN(Cc2ccc3c(c2)OCO3)C[C@H](O)COCc2ccccc2)c1. The molecule has 0 fully saturated rings. The van der Waals surface area contributed by atoms with E-state index in [0.717, 1.165) is 33.9 Å². The lowest BCUT2D eigenvalue weighted by Crippen LogP contribution is -2.34. The lowest BCUT2D eigenvalue weighted by Gasteiger charge is -2.25. The van der Waals surface area contributed by atoms with Crippen LogP contribution in [-0.4, -0.2) is 43.2 Å². The molecule has 0 radical (unpaired) electrons. The van der Waals surface area contributed by atoms with E-state index in [-0.39, 0.29) is 13.4 Å². The first-order valence-corrected chi connectivity index (χ1v) is 10.7. The zero-order valence-corrected chi connectivity index (χ0v) is 18.3. The maximum atomic E-state index is 10.7. The average molecular weight is 436 g/mol. The van der Waals surface area contributed by atoms with Gasteiger partial charge in [0.05, 0.1) is 26.4 Å². The molecule has 0 amide bonds. The minimum absolute atomic E-state index is 0.254. The third-order valence-corrected chi connectivity index (χ3v) is 5.27. The van der Waals surface area contributed by atoms with Crippen molar-refractivity contribution in [3.8, 4) is 17.2 Å². The van der Waals surface area contributed by atoms with E-state index in [1.165, 1.54) is 0 Å². The minimum atomic E-state index is -0.613. The lowest BCUT2D eigenvalue weighted by atomic mass is 10.1. The summed E-state index contributed by atoms with van der Waals surface area (Å²) in [6, 6.07) is 23.9. The number of benzene rings is 3. The summed E-state index contributed by atoms with van der Waals surface area (Å²) >= 11 is 0. The molecule has 0 bridgehead atoms. The Hall–Kier alpha value is -3.06. The first-order chi connectivity index (χ1) is 15.7. The Morgan fingerprint density at radius 3 is 2.44 bits per heavy atom. The Balaban J connectivity index is 1.40. The van der Waals surface area contributed by atoms with Crippen LogP contribution in [0.1, 0.15) is 16.7 Å². The van der Waals surface area contributed by atoms with Crippen molar-refractivity contribution in [3.05, 3.63) is 89.5 Å². The van der Waals surface area contributed by atoms with Gasteiger partial charge in [-0.1, -0.05) is 48.5 Å². The van der Waals surface area contributed by atoms with Crippen LogP contribution < -0.4 is 14.2 Å². The predicted octanol–water partition coefficient (Wildman–Crippen LogP) is 4.00. The molecule has 0 spiro atoms. The van der Waals surface area contributed by atoms with Gasteiger partial charge >= 0.3 is 0 Å². The topological polar surface area (TPSA) is 60.4 Å². The molecule has 1 aliphatic heterocycles. The summed E-state index contributed by atoms with van der Waals surface area (Å²) in [5.41, 5.74) is 3.30. The average Bonchev–Trinajstić information content (AvgIpc) is 3.28. The van der Waals surface area contributed by atoms with Gasteiger partial charge in [0.15, 0.2) is 11.5 Å². The van der Waals surface area contributed by atoms with Crippen LogP contribution in [0.4, 0.5) is 0 Å². The molecule has 1 atom stereocenters. The molecule has 6 heteroatoms. The number of nitrogens with zero attached hydrogens (tertiary/aromatic N) is 1. The van der Waals surface area contributed by atoms with Crippen LogP contribution in [0.2, 0.25) is 0 Å². The summed E-state index contributed by atoms with van der Waals surface area (Å²) in [5, 5.41) is 10.7. The lowest BCUT2D eigenvalue weighted by molar-refractivity contribution is 0.00711. The smallest absolute Gasteiger partial charge is 0.231 e. The number of aliphatic hydroxyl groups excluding tert-OH is 1. The van der Waals surface area contributed by atoms with Crippen LogP contribution in [-0.2, 0) is 24.4 Å². The molecule has 3 aromatic carbocycles. The van der Waals surface area contributed by atoms with E-state index in [2.05, 4.69) is 11.0 Å². The van der Waals surface area contributed by atoms with Crippen LogP contribution in [0.5, 0.6) is 17.2 Å². The molecular formula is C26H29NO5. The van der Waals surface area contributed by atoms with E-state index in [4.69, 9.17) is 18.9 Å². The van der Waals surface area contributed by atoms with Crippen LogP contribution in [0.25, 0.3) is 0 Å². The molecule has 1 N–H and O–H groups in total. The van der Waals surface area contributed by atoms with Crippen LogP contribution >= 0.6 is 0 Å². The first-order valence-electron chi connectivity index (χ1n) is 10.7. The third kappa shape index (κ3) is 6.23. The number of fused-ring (bicyclic) bond motifs is 1. The molecule has 3 aromatic rings. The maximum absolute atomic E-state index is 10.7. The van der Waals surface area contributed by atoms with Crippen molar-refractivity contribution in [2.24, 2.45) is 0 Å². The fourth-order valence-electron chi connectivity index (χ4n) is 3.75. The standard InChI is InChI=1S/C26H29NO5/c1-29-24-9-5-8-21(12-24)14-27(15-22-10-11-25-26(13-22)32-19-31-25)16-23(28)18-30-17-20-6-3-2-4-7-20/h2-13,23,28H,14-19H2,1H3/t23-/m0/s1. The Morgan fingerprint density at radius 1 is 0.875 bits per heavy atom. The van der Waals surface area contributed by atoms with Crippen molar-refractivity contribution in [1.82, 2.24) is 4.90 Å². The molecule has 0 saturated heterocycles. The first kappa shape index (κ1) is 22.1. The second-order valence-electron chi connectivity index (χ2n) is 7.86. The van der Waals surface area contributed by atoms with Gasteiger partial charge in [-0.05, 0) is 41.0 Å². The maximum Gasteiger partial charge on any atom is 0.231 e. The summed E-state index contributed by atoms with van der Waals surface area (Å²) in [6.45, 7) is 2.80. The Kier molecular flexibility index (Phi) is 7.61. The van der Waals surface area contributed by atoms with E-state index in [1.54, 1.807) is 7.11 Å². The van der Waals surface area contributed by atoms with E-state index in [1.807, 2.05) is 66.7 Å². The third-order valence-electron chi connectivity index (χ3n) is 5.27. The molecule has 0 saturated carbocycles. The van der Waals surface area contributed by atoms with Gasteiger partial charge in [0.2, 0.25) is 6.79 Å². The number of hydrogen-bond acceptors (Lipinski definition) is 6. The van der Waals surface area contributed by atoms with Crippen molar-refractivity contribution in [3.63, 3.8) is 0 Å². The van der Waals surface area contributed by atoms with Crippen molar-refractivity contribution >= 4 is 0 Å². The van der Waals surface area contributed by atoms with E-state index >= 15 is 0 Å². The summed E-state index contributed by atoms with van der Waals surface area (Å²) < 4.78 is 22.0. The number of methoxy groups -OCH3 is 1. The Labute approximate surface area is 188 Å². The zero-order chi connectivity index (χ0) is 22.2. The fourth-order valence-corrected chi connectivity index (χ4v) is 3.75. The summed E-state index contributed by atoms with van der Waals surface area (Å²) in [6.07, 6.45) is -0.613. The number of aliphatic hydroxyl groups is 1. The van der Waals surface area contributed by atoms with Gasteiger partial charge in [-0.2, -0.15) is 0 Å². The normalized spacial score (nSPS) is 13.3. The van der Waals surface area contributed by atoms with Crippen molar-refractivity contribution in [2.45, 2.75) is 25.8 Å². The highest BCUT2D eigenvalue weighted by atomic mass is 16.7. The zero-order valence-electron chi connectivity index (χ0n) is 18.3. The van der Waals surface area contributed by atoms with Crippen LogP contribution in [0.15, 0.2) is 72.8 Å². The number of hydrogen-bond donors (Lipinski definition) is 1. The van der Waals surface area contributed by atoms with Crippen LogP contribution in [0.3, 0.4) is 0 Å². The fraction of sp³-hybridized carbons (Fsp3) is 0.308. The summed E-state index contributed by atoms with van der Waals surface area (Å²) in [4.78, 5) is 2.20. The summed E-state index contributed by atoms with van der Waals surface area (Å²) in [5.74, 6) is 2.34. The molecule has 0 aromatic heterocycles.